The fourth-order valence-electron chi connectivity index (χ4n) is 2.38. The molecule has 0 spiro atoms. The molecule has 0 heterocycles. The third-order valence-corrected chi connectivity index (χ3v) is 4.41. The highest BCUT2D eigenvalue weighted by Gasteiger charge is 2.20. The zero-order valence-electron chi connectivity index (χ0n) is 15.2. The summed E-state index contributed by atoms with van der Waals surface area (Å²) in [5, 5.41) is 5.83. The van der Waals surface area contributed by atoms with E-state index >= 15 is 0 Å². The zero-order valence-corrected chi connectivity index (χ0v) is 16.0. The lowest BCUT2D eigenvalue weighted by Gasteiger charge is -2.18. The lowest BCUT2D eigenvalue weighted by atomic mass is 10.1. The number of benzene rings is 1. The Kier molecular flexibility index (Phi) is 9.53. The first kappa shape index (κ1) is 20.6. The normalized spacial score (nSPS) is 12.0. The Morgan fingerprint density at radius 3 is 2.58 bits per heavy atom. The van der Waals surface area contributed by atoms with Crippen molar-refractivity contribution in [3.63, 3.8) is 0 Å². The molecule has 0 saturated carbocycles. The van der Waals surface area contributed by atoms with Gasteiger partial charge >= 0.3 is 0 Å². The Hall–Kier alpha value is -1.49. The van der Waals surface area contributed by atoms with Gasteiger partial charge in [-0.05, 0) is 56.2 Å². The van der Waals surface area contributed by atoms with Crippen molar-refractivity contribution in [1.29, 1.82) is 0 Å². The van der Waals surface area contributed by atoms with Gasteiger partial charge in [-0.2, -0.15) is 11.8 Å². The number of nitrogens with one attached hydrogen (secondary N) is 2. The first-order chi connectivity index (χ1) is 11.4. The van der Waals surface area contributed by atoms with Crippen LogP contribution in [0.3, 0.4) is 0 Å². The third kappa shape index (κ3) is 7.86. The predicted octanol–water partition coefficient (Wildman–Crippen LogP) is 3.40. The van der Waals surface area contributed by atoms with Crippen molar-refractivity contribution in [3.8, 4) is 0 Å². The summed E-state index contributed by atoms with van der Waals surface area (Å²) >= 11 is 1.67. The maximum Gasteiger partial charge on any atom is 0.251 e. The Morgan fingerprint density at radius 2 is 1.96 bits per heavy atom. The molecule has 2 amide bonds. The van der Waals surface area contributed by atoms with E-state index in [0.29, 0.717) is 24.4 Å². The van der Waals surface area contributed by atoms with Crippen LogP contribution in [0.1, 0.15) is 49.0 Å². The SMILES string of the molecule is CSCCC(NC(=O)c1cccc(C)c1)C(=O)NCCCC(C)C. The van der Waals surface area contributed by atoms with Gasteiger partial charge in [-0.1, -0.05) is 31.5 Å². The van der Waals surface area contributed by atoms with E-state index in [-0.39, 0.29) is 11.8 Å². The molecule has 134 valence electrons. The summed E-state index contributed by atoms with van der Waals surface area (Å²) in [6, 6.07) is 6.93. The van der Waals surface area contributed by atoms with Crippen LogP contribution < -0.4 is 10.6 Å². The topological polar surface area (TPSA) is 58.2 Å². The minimum absolute atomic E-state index is 0.0891. The molecule has 5 heteroatoms. The summed E-state index contributed by atoms with van der Waals surface area (Å²) in [7, 11) is 0. The molecule has 0 aromatic heterocycles. The van der Waals surface area contributed by atoms with Gasteiger partial charge in [-0.3, -0.25) is 9.59 Å². The molecule has 1 unspecified atom stereocenters. The molecule has 4 nitrogen and oxygen atoms in total. The van der Waals surface area contributed by atoms with Gasteiger partial charge in [-0.25, -0.2) is 0 Å². The number of hydrogen-bond donors (Lipinski definition) is 2. The molecule has 0 aliphatic heterocycles. The van der Waals surface area contributed by atoms with Crippen molar-refractivity contribution in [1.82, 2.24) is 10.6 Å². The Morgan fingerprint density at radius 1 is 1.21 bits per heavy atom. The average molecular weight is 351 g/mol. The number of thioether (sulfide) groups is 1. The second-order valence-corrected chi connectivity index (χ2v) is 7.49. The summed E-state index contributed by atoms with van der Waals surface area (Å²) in [6.07, 6.45) is 4.69. The second kappa shape index (κ2) is 11.1. The van der Waals surface area contributed by atoms with Crippen molar-refractivity contribution in [2.24, 2.45) is 5.92 Å². The number of rotatable bonds is 10. The molecule has 1 atom stereocenters. The van der Waals surface area contributed by atoms with Crippen LogP contribution in [0.4, 0.5) is 0 Å². The third-order valence-electron chi connectivity index (χ3n) is 3.77. The summed E-state index contributed by atoms with van der Waals surface area (Å²) in [6.45, 7) is 6.95. The molecule has 1 aromatic rings. The van der Waals surface area contributed by atoms with Crippen molar-refractivity contribution >= 4 is 23.6 Å². The van der Waals surface area contributed by atoms with Crippen molar-refractivity contribution in [2.45, 2.75) is 46.1 Å². The van der Waals surface area contributed by atoms with Gasteiger partial charge in [0.05, 0.1) is 0 Å². The molecule has 1 rings (SSSR count). The minimum atomic E-state index is -0.482. The smallest absolute Gasteiger partial charge is 0.251 e. The van der Waals surface area contributed by atoms with Crippen LogP contribution >= 0.6 is 11.8 Å². The van der Waals surface area contributed by atoms with E-state index < -0.39 is 6.04 Å². The van der Waals surface area contributed by atoms with Gasteiger partial charge in [0.2, 0.25) is 5.91 Å². The van der Waals surface area contributed by atoms with Crippen molar-refractivity contribution < 1.29 is 9.59 Å². The first-order valence-electron chi connectivity index (χ1n) is 8.58. The molecular weight excluding hydrogens is 320 g/mol. The Labute approximate surface area is 150 Å². The standard InChI is InChI=1S/C19H30N2O2S/c1-14(2)7-6-11-20-19(23)17(10-12-24-4)21-18(22)16-9-5-8-15(3)13-16/h5,8-9,13-14,17H,6-7,10-12H2,1-4H3,(H,20,23)(H,21,22). The number of aryl methyl sites for hydroxylation is 1. The summed E-state index contributed by atoms with van der Waals surface area (Å²) in [4.78, 5) is 24.8. The molecule has 0 radical (unpaired) electrons. The predicted molar refractivity (Wildman–Crippen MR) is 103 cm³/mol. The highest BCUT2D eigenvalue weighted by Crippen LogP contribution is 2.07. The van der Waals surface area contributed by atoms with E-state index in [1.807, 2.05) is 31.4 Å². The van der Waals surface area contributed by atoms with Crippen LogP contribution in [0.2, 0.25) is 0 Å². The van der Waals surface area contributed by atoms with Crippen LogP contribution in [-0.4, -0.2) is 36.4 Å². The minimum Gasteiger partial charge on any atom is -0.354 e. The fraction of sp³-hybridized carbons (Fsp3) is 0.579. The number of amides is 2. The zero-order chi connectivity index (χ0) is 17.9. The van der Waals surface area contributed by atoms with E-state index in [2.05, 4.69) is 24.5 Å². The number of hydrogen-bond acceptors (Lipinski definition) is 3. The molecular formula is C19H30N2O2S. The largest absolute Gasteiger partial charge is 0.354 e. The summed E-state index contributed by atoms with van der Waals surface area (Å²) in [5.74, 6) is 1.18. The van der Waals surface area contributed by atoms with Crippen molar-refractivity contribution in [3.05, 3.63) is 35.4 Å². The molecule has 24 heavy (non-hydrogen) atoms. The molecule has 0 fully saturated rings. The van der Waals surface area contributed by atoms with E-state index in [1.54, 1.807) is 17.8 Å². The van der Waals surface area contributed by atoms with E-state index in [1.165, 1.54) is 0 Å². The number of carbonyl (C=O) groups is 2. The first-order valence-corrected chi connectivity index (χ1v) is 9.97. The van der Waals surface area contributed by atoms with E-state index in [9.17, 15) is 9.59 Å². The average Bonchev–Trinajstić information content (AvgIpc) is 2.54. The van der Waals surface area contributed by atoms with Crippen LogP contribution in [-0.2, 0) is 4.79 Å². The monoisotopic (exact) mass is 350 g/mol. The summed E-state index contributed by atoms with van der Waals surface area (Å²) < 4.78 is 0. The maximum atomic E-state index is 12.4. The van der Waals surface area contributed by atoms with E-state index in [0.717, 1.165) is 24.2 Å². The van der Waals surface area contributed by atoms with Crippen LogP contribution in [0.25, 0.3) is 0 Å². The molecule has 0 aliphatic carbocycles. The van der Waals surface area contributed by atoms with Crippen LogP contribution in [0.5, 0.6) is 0 Å². The number of carbonyl (C=O) groups excluding carboxylic acids is 2. The molecule has 0 bridgehead atoms. The fourth-order valence-corrected chi connectivity index (χ4v) is 2.85. The van der Waals surface area contributed by atoms with Crippen molar-refractivity contribution in [2.75, 3.05) is 18.6 Å². The molecule has 0 saturated heterocycles. The van der Waals surface area contributed by atoms with Crippen LogP contribution in [0.15, 0.2) is 24.3 Å². The highest BCUT2D eigenvalue weighted by molar-refractivity contribution is 7.98. The molecule has 0 aliphatic rings. The van der Waals surface area contributed by atoms with Gasteiger partial charge in [0.15, 0.2) is 0 Å². The lowest BCUT2D eigenvalue weighted by molar-refractivity contribution is -0.123. The molecule has 1 aromatic carbocycles. The van der Waals surface area contributed by atoms with Gasteiger partial charge < -0.3 is 10.6 Å². The van der Waals surface area contributed by atoms with Gasteiger partial charge in [0.25, 0.3) is 5.91 Å². The maximum absolute atomic E-state index is 12.4. The van der Waals surface area contributed by atoms with Gasteiger partial charge in [0, 0.05) is 12.1 Å². The van der Waals surface area contributed by atoms with Gasteiger partial charge in [0.1, 0.15) is 6.04 Å². The Bertz CT molecular complexity index is 532. The summed E-state index contributed by atoms with van der Waals surface area (Å²) in [5.41, 5.74) is 1.62. The Balaban J connectivity index is 2.60. The van der Waals surface area contributed by atoms with Gasteiger partial charge in [-0.15, -0.1) is 0 Å². The highest BCUT2D eigenvalue weighted by atomic mass is 32.2. The van der Waals surface area contributed by atoms with Crippen LogP contribution in [0, 0.1) is 12.8 Å². The molecule has 2 N–H and O–H groups in total. The lowest BCUT2D eigenvalue weighted by Crippen LogP contribution is -2.47. The quantitative estimate of drug-likeness (QED) is 0.636. The second-order valence-electron chi connectivity index (χ2n) is 6.50. The van der Waals surface area contributed by atoms with E-state index in [4.69, 9.17) is 0 Å².